The summed E-state index contributed by atoms with van der Waals surface area (Å²) in [6.45, 7) is 1.51. The Hall–Kier alpha value is -3.21. The van der Waals surface area contributed by atoms with Gasteiger partial charge in [0.05, 0.1) is 12.5 Å². The topological polar surface area (TPSA) is 55.4 Å². The smallest absolute Gasteiger partial charge is 0.310 e. The molecule has 0 heterocycles. The van der Waals surface area contributed by atoms with Crippen LogP contribution in [0.25, 0.3) is 10.8 Å². The minimum atomic E-state index is -0.575. The Morgan fingerprint density at radius 3 is 2.59 bits per heavy atom. The first-order valence-electron chi connectivity index (χ1n) is 8.70. The highest BCUT2D eigenvalue weighted by Crippen LogP contribution is 2.23. The molecule has 5 heteroatoms. The second-order valence-electron chi connectivity index (χ2n) is 6.32. The van der Waals surface area contributed by atoms with Crippen molar-refractivity contribution in [3.8, 4) is 0 Å². The zero-order chi connectivity index (χ0) is 19.2. The lowest BCUT2D eigenvalue weighted by molar-refractivity contribution is -0.148. The number of rotatable bonds is 6. The van der Waals surface area contributed by atoms with Crippen LogP contribution in [0.15, 0.2) is 66.7 Å². The second kappa shape index (κ2) is 8.45. The summed E-state index contributed by atoms with van der Waals surface area (Å²) in [7, 11) is 0. The summed E-state index contributed by atoms with van der Waals surface area (Å²) in [6.07, 6.45) is -0.0794. The molecule has 1 amide bonds. The zero-order valence-corrected chi connectivity index (χ0v) is 14.9. The largest absolute Gasteiger partial charge is 0.455 e. The average molecular weight is 365 g/mol. The number of benzene rings is 3. The van der Waals surface area contributed by atoms with Gasteiger partial charge in [0.25, 0.3) is 5.91 Å². The molecule has 0 saturated carbocycles. The molecule has 0 aliphatic carbocycles. The van der Waals surface area contributed by atoms with Gasteiger partial charge in [0.1, 0.15) is 5.82 Å². The molecule has 3 aromatic carbocycles. The summed E-state index contributed by atoms with van der Waals surface area (Å²) < 4.78 is 18.1. The number of esters is 1. The van der Waals surface area contributed by atoms with E-state index in [9.17, 15) is 14.0 Å². The lowest BCUT2D eigenvalue weighted by atomic mass is 10.00. The van der Waals surface area contributed by atoms with Gasteiger partial charge in [-0.1, -0.05) is 54.6 Å². The van der Waals surface area contributed by atoms with Crippen molar-refractivity contribution in [2.45, 2.75) is 19.4 Å². The van der Waals surface area contributed by atoms with Crippen LogP contribution >= 0.6 is 0 Å². The second-order valence-corrected chi connectivity index (χ2v) is 6.32. The molecule has 3 rings (SSSR count). The first-order chi connectivity index (χ1) is 13.0. The fraction of sp³-hybridized carbons (Fsp3) is 0.182. The Labute approximate surface area is 157 Å². The fourth-order valence-electron chi connectivity index (χ4n) is 3.00. The Morgan fingerprint density at radius 2 is 1.78 bits per heavy atom. The first kappa shape index (κ1) is 18.6. The highest BCUT2D eigenvalue weighted by atomic mass is 19.1. The van der Waals surface area contributed by atoms with E-state index in [4.69, 9.17) is 4.74 Å². The molecule has 27 heavy (non-hydrogen) atoms. The Morgan fingerprint density at radius 1 is 1.04 bits per heavy atom. The molecule has 1 N–H and O–H groups in total. The summed E-state index contributed by atoms with van der Waals surface area (Å²) in [5.41, 5.74) is 1.50. The Bertz CT molecular complexity index is 965. The van der Waals surface area contributed by atoms with E-state index in [1.54, 1.807) is 6.07 Å². The summed E-state index contributed by atoms with van der Waals surface area (Å²) in [6, 6.07) is 19.4. The monoisotopic (exact) mass is 365 g/mol. The minimum Gasteiger partial charge on any atom is -0.455 e. The van der Waals surface area contributed by atoms with Gasteiger partial charge >= 0.3 is 5.97 Å². The summed E-state index contributed by atoms with van der Waals surface area (Å²) in [5, 5.41) is 5.00. The van der Waals surface area contributed by atoms with Gasteiger partial charge in [0, 0.05) is 0 Å². The van der Waals surface area contributed by atoms with Crippen LogP contribution in [-0.4, -0.2) is 18.5 Å². The van der Waals surface area contributed by atoms with E-state index in [-0.39, 0.29) is 25.0 Å². The normalized spacial score (nSPS) is 11.8. The number of hydrogen-bond donors (Lipinski definition) is 1. The lowest BCUT2D eigenvalue weighted by Crippen LogP contribution is -2.31. The third kappa shape index (κ3) is 4.91. The first-order valence-corrected chi connectivity index (χ1v) is 8.70. The minimum absolute atomic E-state index is 0.0794. The van der Waals surface area contributed by atoms with E-state index >= 15 is 0 Å². The molecule has 0 saturated heterocycles. The van der Waals surface area contributed by atoms with Crippen LogP contribution in [0.1, 0.15) is 24.1 Å². The van der Waals surface area contributed by atoms with E-state index in [1.807, 2.05) is 49.4 Å². The van der Waals surface area contributed by atoms with Crippen LogP contribution in [-0.2, 0) is 20.7 Å². The van der Waals surface area contributed by atoms with Crippen molar-refractivity contribution in [1.29, 1.82) is 0 Å². The number of carbonyl (C=O) groups excluding carboxylic acids is 2. The van der Waals surface area contributed by atoms with Crippen LogP contribution in [0.3, 0.4) is 0 Å². The number of halogens is 1. The van der Waals surface area contributed by atoms with Crippen molar-refractivity contribution in [1.82, 2.24) is 5.32 Å². The van der Waals surface area contributed by atoms with Crippen LogP contribution < -0.4 is 5.32 Å². The molecule has 0 radical (unpaired) electrons. The van der Waals surface area contributed by atoms with Gasteiger partial charge in [-0.25, -0.2) is 4.39 Å². The zero-order valence-electron chi connectivity index (χ0n) is 14.9. The molecule has 138 valence electrons. The Kier molecular flexibility index (Phi) is 5.81. The van der Waals surface area contributed by atoms with Gasteiger partial charge in [-0.05, 0) is 41.0 Å². The van der Waals surface area contributed by atoms with E-state index in [0.29, 0.717) is 5.56 Å². The number of amides is 1. The average Bonchev–Trinajstić information content (AvgIpc) is 2.66. The maximum atomic E-state index is 13.1. The third-order valence-electron chi connectivity index (χ3n) is 4.27. The maximum absolute atomic E-state index is 13.1. The van der Waals surface area contributed by atoms with Crippen molar-refractivity contribution in [3.05, 3.63) is 83.7 Å². The summed E-state index contributed by atoms with van der Waals surface area (Å²) in [4.78, 5) is 24.0. The molecule has 0 bridgehead atoms. The lowest BCUT2D eigenvalue weighted by Gasteiger charge is -2.16. The van der Waals surface area contributed by atoms with E-state index < -0.39 is 11.8 Å². The highest BCUT2D eigenvalue weighted by Gasteiger charge is 2.14. The maximum Gasteiger partial charge on any atom is 0.310 e. The van der Waals surface area contributed by atoms with Crippen molar-refractivity contribution in [3.63, 3.8) is 0 Å². The van der Waals surface area contributed by atoms with E-state index in [2.05, 4.69) is 5.32 Å². The number of fused-ring (bicyclic) bond motifs is 1. The molecule has 3 aromatic rings. The summed E-state index contributed by atoms with van der Waals surface area (Å²) >= 11 is 0. The molecular weight excluding hydrogens is 345 g/mol. The highest BCUT2D eigenvalue weighted by molar-refractivity contribution is 5.87. The molecule has 1 atom stereocenters. The Balaban J connectivity index is 1.55. The molecule has 0 fully saturated rings. The van der Waals surface area contributed by atoms with Gasteiger partial charge in [-0.3, -0.25) is 9.59 Å². The molecule has 0 spiro atoms. The van der Waals surface area contributed by atoms with E-state index in [1.165, 1.54) is 18.2 Å². The fourth-order valence-corrected chi connectivity index (χ4v) is 3.00. The van der Waals surface area contributed by atoms with Crippen LogP contribution in [0, 0.1) is 5.82 Å². The van der Waals surface area contributed by atoms with Gasteiger partial charge in [0.15, 0.2) is 6.61 Å². The number of nitrogens with one attached hydrogen (secondary N) is 1. The number of hydrogen-bond acceptors (Lipinski definition) is 3. The molecule has 0 aliphatic heterocycles. The van der Waals surface area contributed by atoms with Gasteiger partial charge < -0.3 is 10.1 Å². The van der Waals surface area contributed by atoms with Crippen molar-refractivity contribution in [2.75, 3.05) is 6.61 Å². The molecule has 0 unspecified atom stereocenters. The third-order valence-corrected chi connectivity index (χ3v) is 4.27. The molecule has 4 nitrogen and oxygen atoms in total. The van der Waals surface area contributed by atoms with Crippen molar-refractivity contribution < 1.29 is 18.7 Å². The van der Waals surface area contributed by atoms with Gasteiger partial charge in [-0.2, -0.15) is 0 Å². The van der Waals surface area contributed by atoms with Crippen molar-refractivity contribution in [2.24, 2.45) is 0 Å². The van der Waals surface area contributed by atoms with Crippen molar-refractivity contribution >= 4 is 22.6 Å². The van der Waals surface area contributed by atoms with Gasteiger partial charge in [0.2, 0.25) is 0 Å². The number of carbonyl (C=O) groups is 2. The van der Waals surface area contributed by atoms with Crippen LogP contribution in [0.5, 0.6) is 0 Å². The molecular formula is C22H20FNO3. The standard InChI is InChI=1S/C22H20FNO3/c1-15(19-11-5-8-17-7-2-3-10-20(17)19)24-21(25)14-27-22(26)13-16-6-4-9-18(23)12-16/h2-12,15H,13-14H2,1H3,(H,24,25)/t15-/m1/s1. The molecule has 0 aromatic heterocycles. The van der Waals surface area contributed by atoms with Crippen LogP contribution in [0.4, 0.5) is 4.39 Å². The predicted octanol–water partition coefficient (Wildman–Crippen LogP) is 3.94. The van der Waals surface area contributed by atoms with Crippen LogP contribution in [0.2, 0.25) is 0 Å². The summed E-state index contributed by atoms with van der Waals surface area (Å²) in [5.74, 6) is -1.38. The SMILES string of the molecule is C[C@@H](NC(=O)COC(=O)Cc1cccc(F)c1)c1cccc2ccccc12. The number of ether oxygens (including phenoxy) is 1. The molecule has 0 aliphatic rings. The van der Waals surface area contributed by atoms with E-state index in [0.717, 1.165) is 16.3 Å². The predicted molar refractivity (Wildman–Crippen MR) is 102 cm³/mol. The quantitative estimate of drug-likeness (QED) is 0.673. The van der Waals surface area contributed by atoms with Gasteiger partial charge in [-0.15, -0.1) is 0 Å².